The number of aryl methyl sites for hydroxylation is 1. The summed E-state index contributed by atoms with van der Waals surface area (Å²) >= 11 is 0. The number of pyridine rings is 1. The molecule has 0 saturated heterocycles. The number of ether oxygens (including phenoxy) is 2. The number of likely N-dealkylation sites (N-methyl/N-ethyl adjacent to an activating group) is 1. The average molecular weight is 918 g/mol. The molecule has 3 aromatic carbocycles. The van der Waals surface area contributed by atoms with Crippen LogP contribution in [0.3, 0.4) is 0 Å². The fourth-order valence-electron chi connectivity index (χ4n) is 7.74. The minimum atomic E-state index is -1.40. The normalized spacial score (nSPS) is 16.5. The third kappa shape index (κ3) is 12.4. The van der Waals surface area contributed by atoms with E-state index in [0.29, 0.717) is 50.8 Å². The second kappa shape index (κ2) is 22.9. The number of fused-ring (bicyclic) bond motifs is 5. The van der Waals surface area contributed by atoms with Crippen LogP contribution in [0.5, 0.6) is 11.5 Å². The summed E-state index contributed by atoms with van der Waals surface area (Å²) in [7, 11) is 3.16. The molecular formula is C49H63N11O7. The van der Waals surface area contributed by atoms with E-state index in [1.165, 1.54) is 18.9 Å². The van der Waals surface area contributed by atoms with Crippen molar-refractivity contribution in [1.82, 2.24) is 31.2 Å². The molecular weight excluding hydrogens is 855 g/mol. The molecule has 18 heteroatoms. The fraction of sp³-hybridized carbons (Fsp3) is 0.408. The molecule has 0 fully saturated rings. The summed E-state index contributed by atoms with van der Waals surface area (Å²) in [5.74, 6) is -2.53. The van der Waals surface area contributed by atoms with Crippen molar-refractivity contribution >= 4 is 35.2 Å². The maximum absolute atomic E-state index is 14.8. The average Bonchev–Trinajstić information content (AvgIpc) is 3.30. The maximum Gasteiger partial charge on any atom is 0.253 e. The zero-order valence-electron chi connectivity index (χ0n) is 39.2. The highest BCUT2D eigenvalue weighted by molar-refractivity contribution is 6.01. The number of rotatable bonds is 16. The van der Waals surface area contributed by atoms with Crippen molar-refractivity contribution in [2.75, 3.05) is 58.8 Å². The Morgan fingerprint density at radius 2 is 1.55 bits per heavy atom. The first-order valence-electron chi connectivity index (χ1n) is 22.2. The van der Waals surface area contributed by atoms with Gasteiger partial charge in [-0.2, -0.15) is 5.26 Å². The fourth-order valence-corrected chi connectivity index (χ4v) is 7.74. The van der Waals surface area contributed by atoms with Gasteiger partial charge in [-0.3, -0.25) is 29.0 Å². The number of amides is 5. The molecule has 4 atom stereocenters. The summed E-state index contributed by atoms with van der Waals surface area (Å²) in [4.78, 5) is 76.7. The molecule has 18 nitrogen and oxygen atoms in total. The van der Waals surface area contributed by atoms with Gasteiger partial charge >= 0.3 is 0 Å². The number of nitrogens with zero attached hydrogens (tertiary/aromatic N) is 3. The number of nitrogens with one attached hydrogen (secondary N) is 5. The van der Waals surface area contributed by atoms with Crippen LogP contribution in [0.15, 0.2) is 66.7 Å². The molecule has 1 unspecified atom stereocenters. The second-order valence-corrected chi connectivity index (χ2v) is 17.3. The van der Waals surface area contributed by atoms with Crippen molar-refractivity contribution < 1.29 is 33.4 Å². The first kappa shape index (κ1) is 50.9. The van der Waals surface area contributed by atoms with Crippen molar-refractivity contribution in [3.63, 3.8) is 0 Å². The molecule has 4 bridgehead atoms. The van der Waals surface area contributed by atoms with Gasteiger partial charge in [0.1, 0.15) is 55.4 Å². The Labute approximate surface area is 391 Å². The van der Waals surface area contributed by atoms with Gasteiger partial charge < -0.3 is 58.2 Å². The number of hydrogen-bond acceptors (Lipinski definition) is 13. The van der Waals surface area contributed by atoms with Crippen molar-refractivity contribution in [3.8, 4) is 40.0 Å². The molecule has 1 aromatic heterocycles. The van der Waals surface area contributed by atoms with Gasteiger partial charge in [-0.15, -0.1) is 0 Å². The number of anilines is 1. The number of carbonyl (C=O) groups excluding carboxylic acids is 5. The van der Waals surface area contributed by atoms with E-state index in [1.54, 1.807) is 56.4 Å². The summed E-state index contributed by atoms with van der Waals surface area (Å²) < 4.78 is 12.2. The van der Waals surface area contributed by atoms with Gasteiger partial charge in [0.25, 0.3) is 5.91 Å². The number of nitriles is 1. The van der Waals surface area contributed by atoms with Crippen molar-refractivity contribution in [2.45, 2.75) is 77.0 Å². The van der Waals surface area contributed by atoms with Crippen LogP contribution in [0.2, 0.25) is 0 Å². The summed E-state index contributed by atoms with van der Waals surface area (Å²) in [6.45, 7) is 9.94. The predicted octanol–water partition coefficient (Wildman–Crippen LogP) is 2.57. The van der Waals surface area contributed by atoms with Gasteiger partial charge in [-0.05, 0) is 79.3 Å². The molecule has 5 rings (SSSR count). The second-order valence-electron chi connectivity index (χ2n) is 17.3. The molecule has 0 saturated carbocycles. The van der Waals surface area contributed by atoms with Crippen LogP contribution in [-0.2, 0) is 31.0 Å². The SMILES string of the molecule is CNc1cc(C(=O)NC(CCN)C(=O)N(C)[C@@H]2C(=O)N[C@@H](C)C(=O)N[C@H](C(=O)NCC#N)Cc3ccc(OCCN)c(c3)-c3cc2ccc3OCCN)c(C)nc1-c1ccc(C(C)(C)C)cc1. The molecule has 0 aliphatic carbocycles. The summed E-state index contributed by atoms with van der Waals surface area (Å²) in [6.07, 6.45) is 0.00865. The molecule has 11 N–H and O–H groups in total. The lowest BCUT2D eigenvalue weighted by Gasteiger charge is -2.32. The van der Waals surface area contributed by atoms with Crippen LogP contribution in [0, 0.1) is 18.3 Å². The third-order valence-corrected chi connectivity index (χ3v) is 11.4. The zero-order chi connectivity index (χ0) is 49.0. The Kier molecular flexibility index (Phi) is 17.4. The van der Waals surface area contributed by atoms with Crippen LogP contribution in [-0.4, -0.2) is 111 Å². The van der Waals surface area contributed by atoms with Crippen LogP contribution < -0.4 is 53.3 Å². The monoisotopic (exact) mass is 917 g/mol. The molecule has 0 spiro atoms. The highest BCUT2D eigenvalue weighted by atomic mass is 16.5. The molecule has 0 radical (unpaired) electrons. The van der Waals surface area contributed by atoms with E-state index in [1.807, 2.05) is 18.2 Å². The van der Waals surface area contributed by atoms with Crippen LogP contribution >= 0.6 is 0 Å². The van der Waals surface area contributed by atoms with Crippen molar-refractivity contribution in [2.24, 2.45) is 17.2 Å². The topological polar surface area (TPSA) is 282 Å². The van der Waals surface area contributed by atoms with Crippen LogP contribution in [0.1, 0.15) is 72.9 Å². The lowest BCUT2D eigenvalue weighted by atomic mass is 9.86. The first-order valence-corrected chi connectivity index (χ1v) is 22.2. The van der Waals surface area contributed by atoms with E-state index in [2.05, 4.69) is 59.5 Å². The molecule has 1 aliphatic rings. The van der Waals surface area contributed by atoms with E-state index in [4.69, 9.17) is 31.7 Å². The van der Waals surface area contributed by atoms with Crippen molar-refractivity contribution in [1.29, 1.82) is 5.26 Å². The zero-order valence-corrected chi connectivity index (χ0v) is 39.2. The van der Waals surface area contributed by atoms with Gasteiger partial charge in [0.05, 0.1) is 28.7 Å². The van der Waals surface area contributed by atoms with Gasteiger partial charge in [0, 0.05) is 50.3 Å². The predicted molar refractivity (Wildman–Crippen MR) is 256 cm³/mol. The van der Waals surface area contributed by atoms with Gasteiger partial charge in [0.2, 0.25) is 23.6 Å². The van der Waals surface area contributed by atoms with Crippen LogP contribution in [0.4, 0.5) is 5.69 Å². The highest BCUT2D eigenvalue weighted by Gasteiger charge is 2.36. The first-order chi connectivity index (χ1) is 31.9. The summed E-state index contributed by atoms with van der Waals surface area (Å²) in [5, 5.41) is 23.1. The van der Waals surface area contributed by atoms with Gasteiger partial charge in [0.15, 0.2) is 0 Å². The Hall–Kier alpha value is -7.07. The van der Waals surface area contributed by atoms with E-state index < -0.39 is 53.7 Å². The Balaban J connectivity index is 1.58. The van der Waals surface area contributed by atoms with Crippen LogP contribution in [0.25, 0.3) is 22.4 Å². The lowest BCUT2D eigenvalue weighted by Crippen LogP contribution is -2.56. The van der Waals surface area contributed by atoms with Gasteiger partial charge in [-0.1, -0.05) is 57.2 Å². The molecule has 4 aromatic rings. The Morgan fingerprint density at radius 1 is 0.910 bits per heavy atom. The molecule has 5 amide bonds. The molecule has 1 aliphatic heterocycles. The van der Waals surface area contributed by atoms with E-state index in [-0.39, 0.29) is 63.2 Å². The maximum atomic E-state index is 14.8. The number of benzene rings is 3. The number of carbonyl (C=O) groups is 5. The van der Waals surface area contributed by atoms with E-state index in [0.717, 1.165) is 11.1 Å². The standard InChI is InChI=1S/C49H63N11O7/c1-28-34(27-38(54-6)42(56-28)31-9-12-33(13-10-31)49(3,4)5)45(62)58-37(16-17-50)48(65)60(7)43-32-11-15-41(67-23-20-53)36(26-32)35-24-30(8-14-40(35)66-22-19-52)25-39(46(63)55-21-18-51)59-44(61)29(2)57-47(43)64/h8-15,24,26-27,29,37,39,43,54H,16-17,19-23,25,50,52-53H2,1-7H3,(H,55,63)(H,57,64)(H,58,62)(H,59,61)/t29-,37?,39-,43-/m0/s1. The van der Waals surface area contributed by atoms with E-state index >= 15 is 0 Å². The highest BCUT2D eigenvalue weighted by Crippen LogP contribution is 2.40. The quantitative estimate of drug-likeness (QED) is 0.0752. The van der Waals surface area contributed by atoms with Crippen molar-refractivity contribution in [3.05, 3.63) is 94.7 Å². The summed E-state index contributed by atoms with van der Waals surface area (Å²) in [5.41, 5.74) is 23.5. The molecule has 67 heavy (non-hydrogen) atoms. The van der Waals surface area contributed by atoms with Gasteiger partial charge in [-0.25, -0.2) is 0 Å². The summed E-state index contributed by atoms with van der Waals surface area (Å²) in [6, 6.07) is 16.8. The minimum Gasteiger partial charge on any atom is -0.492 e. The largest absolute Gasteiger partial charge is 0.492 e. The molecule has 356 valence electrons. The smallest absolute Gasteiger partial charge is 0.253 e. The Bertz CT molecular complexity index is 2480. The molecule has 2 heterocycles. The third-order valence-electron chi connectivity index (χ3n) is 11.4. The Morgan fingerprint density at radius 3 is 2.15 bits per heavy atom. The lowest BCUT2D eigenvalue weighted by molar-refractivity contribution is -0.141. The van der Waals surface area contributed by atoms with E-state index in [9.17, 15) is 29.2 Å². The minimum absolute atomic E-state index is 0.00207. The number of aromatic nitrogens is 1. The number of nitrogens with two attached hydrogens (primary N) is 3. The number of hydrogen-bond donors (Lipinski definition) is 8.